The van der Waals surface area contributed by atoms with Crippen LogP contribution in [0.2, 0.25) is 0 Å². The maximum absolute atomic E-state index is 5.91. The normalized spacial score (nSPS) is 15.9. The largest absolute Gasteiger partial charge is 0.328 e. The molecule has 0 saturated heterocycles. The van der Waals surface area contributed by atoms with Crippen molar-refractivity contribution in [2.75, 3.05) is 6.54 Å². The van der Waals surface area contributed by atoms with Gasteiger partial charge in [-0.2, -0.15) is 0 Å². The highest BCUT2D eigenvalue weighted by Gasteiger charge is 2.17. The Morgan fingerprint density at radius 2 is 1.82 bits per heavy atom. The van der Waals surface area contributed by atoms with Gasteiger partial charge in [-0.25, -0.2) is 0 Å². The average molecular weight is 150 g/mol. The SMILES string of the molecule is CC(N)(CN)c1ccccc1. The van der Waals surface area contributed by atoms with Gasteiger partial charge < -0.3 is 11.5 Å². The van der Waals surface area contributed by atoms with E-state index in [4.69, 9.17) is 11.5 Å². The van der Waals surface area contributed by atoms with Gasteiger partial charge in [-0.3, -0.25) is 0 Å². The van der Waals surface area contributed by atoms with Crippen molar-refractivity contribution in [3.8, 4) is 0 Å². The summed E-state index contributed by atoms with van der Waals surface area (Å²) in [5.41, 5.74) is 12.1. The van der Waals surface area contributed by atoms with Crippen LogP contribution in [0.4, 0.5) is 0 Å². The van der Waals surface area contributed by atoms with E-state index >= 15 is 0 Å². The third kappa shape index (κ3) is 1.79. The number of benzene rings is 1. The number of hydrogen-bond donors (Lipinski definition) is 2. The van der Waals surface area contributed by atoms with E-state index < -0.39 is 0 Å². The summed E-state index contributed by atoms with van der Waals surface area (Å²) in [5, 5.41) is 0. The standard InChI is InChI=1S/C9H14N2/c1-9(11,7-10)8-5-3-2-4-6-8/h2-6H,7,10-11H2,1H3. The first-order chi connectivity index (χ1) is 5.17. The molecule has 2 heteroatoms. The molecular formula is C9H14N2. The van der Waals surface area contributed by atoms with Crippen molar-refractivity contribution in [3.63, 3.8) is 0 Å². The van der Waals surface area contributed by atoms with Crippen LogP contribution >= 0.6 is 0 Å². The van der Waals surface area contributed by atoms with Gasteiger partial charge in [0, 0.05) is 6.54 Å². The molecule has 1 rings (SSSR count). The van der Waals surface area contributed by atoms with Crippen LogP contribution in [-0.4, -0.2) is 6.54 Å². The molecule has 0 bridgehead atoms. The van der Waals surface area contributed by atoms with Crippen LogP contribution in [0, 0.1) is 0 Å². The van der Waals surface area contributed by atoms with E-state index in [0.29, 0.717) is 6.54 Å². The molecule has 1 unspecified atom stereocenters. The van der Waals surface area contributed by atoms with Gasteiger partial charge in [-0.05, 0) is 12.5 Å². The first kappa shape index (κ1) is 8.24. The van der Waals surface area contributed by atoms with Gasteiger partial charge in [-0.1, -0.05) is 30.3 Å². The van der Waals surface area contributed by atoms with Crippen LogP contribution in [0.3, 0.4) is 0 Å². The molecule has 0 aliphatic rings. The van der Waals surface area contributed by atoms with E-state index in [1.807, 2.05) is 37.3 Å². The van der Waals surface area contributed by atoms with Crippen molar-refractivity contribution in [1.29, 1.82) is 0 Å². The molecule has 1 aromatic carbocycles. The van der Waals surface area contributed by atoms with Crippen LogP contribution in [-0.2, 0) is 5.54 Å². The van der Waals surface area contributed by atoms with E-state index in [-0.39, 0.29) is 5.54 Å². The molecule has 4 N–H and O–H groups in total. The summed E-state index contributed by atoms with van der Waals surface area (Å²) in [5.74, 6) is 0. The Morgan fingerprint density at radius 1 is 1.27 bits per heavy atom. The molecule has 0 aliphatic carbocycles. The Morgan fingerprint density at radius 3 is 2.27 bits per heavy atom. The van der Waals surface area contributed by atoms with Crippen LogP contribution in [0.5, 0.6) is 0 Å². The molecule has 0 radical (unpaired) electrons. The fourth-order valence-electron chi connectivity index (χ4n) is 0.937. The summed E-state index contributed by atoms with van der Waals surface area (Å²) < 4.78 is 0. The van der Waals surface area contributed by atoms with E-state index in [0.717, 1.165) is 5.56 Å². The fourth-order valence-corrected chi connectivity index (χ4v) is 0.937. The van der Waals surface area contributed by atoms with Gasteiger partial charge in [0.2, 0.25) is 0 Å². The molecule has 0 amide bonds. The van der Waals surface area contributed by atoms with Gasteiger partial charge in [0.1, 0.15) is 0 Å². The third-order valence-corrected chi connectivity index (χ3v) is 1.86. The Labute approximate surface area is 67.2 Å². The minimum absolute atomic E-state index is 0.388. The maximum Gasteiger partial charge on any atom is 0.0505 e. The first-order valence-electron chi connectivity index (χ1n) is 3.71. The van der Waals surface area contributed by atoms with Crippen LogP contribution in [0.1, 0.15) is 12.5 Å². The van der Waals surface area contributed by atoms with Crippen molar-refractivity contribution >= 4 is 0 Å². The lowest BCUT2D eigenvalue weighted by atomic mass is 9.94. The number of nitrogens with two attached hydrogens (primary N) is 2. The van der Waals surface area contributed by atoms with Crippen LogP contribution in [0.25, 0.3) is 0 Å². The van der Waals surface area contributed by atoms with Gasteiger partial charge in [0.15, 0.2) is 0 Å². The monoisotopic (exact) mass is 150 g/mol. The topological polar surface area (TPSA) is 52.0 Å². The molecule has 0 aromatic heterocycles. The molecule has 0 spiro atoms. The molecule has 0 fully saturated rings. The van der Waals surface area contributed by atoms with Crippen molar-refractivity contribution < 1.29 is 0 Å². The van der Waals surface area contributed by atoms with E-state index in [1.54, 1.807) is 0 Å². The second-order valence-electron chi connectivity index (χ2n) is 2.99. The molecule has 60 valence electrons. The highest BCUT2D eigenvalue weighted by molar-refractivity contribution is 5.23. The second-order valence-corrected chi connectivity index (χ2v) is 2.99. The lowest BCUT2D eigenvalue weighted by Crippen LogP contribution is -2.40. The predicted molar refractivity (Wildman–Crippen MR) is 47.0 cm³/mol. The molecule has 0 heterocycles. The van der Waals surface area contributed by atoms with Gasteiger partial charge in [0.05, 0.1) is 5.54 Å². The van der Waals surface area contributed by atoms with Gasteiger partial charge >= 0.3 is 0 Å². The van der Waals surface area contributed by atoms with E-state index in [1.165, 1.54) is 0 Å². The van der Waals surface area contributed by atoms with E-state index in [2.05, 4.69) is 0 Å². The summed E-state index contributed by atoms with van der Waals surface area (Å²) in [6, 6.07) is 9.89. The minimum atomic E-state index is -0.388. The second kappa shape index (κ2) is 3.03. The Kier molecular flexibility index (Phi) is 2.27. The van der Waals surface area contributed by atoms with Crippen molar-refractivity contribution in [2.45, 2.75) is 12.5 Å². The Balaban J connectivity index is 2.93. The van der Waals surface area contributed by atoms with Gasteiger partial charge in [0.25, 0.3) is 0 Å². The van der Waals surface area contributed by atoms with Crippen molar-refractivity contribution in [3.05, 3.63) is 35.9 Å². The Hall–Kier alpha value is -0.860. The fraction of sp³-hybridized carbons (Fsp3) is 0.333. The summed E-state index contributed by atoms with van der Waals surface area (Å²) in [7, 11) is 0. The molecule has 0 aliphatic heterocycles. The summed E-state index contributed by atoms with van der Waals surface area (Å²) >= 11 is 0. The summed E-state index contributed by atoms with van der Waals surface area (Å²) in [6.07, 6.45) is 0. The van der Waals surface area contributed by atoms with Gasteiger partial charge in [-0.15, -0.1) is 0 Å². The number of rotatable bonds is 2. The zero-order valence-electron chi connectivity index (χ0n) is 6.75. The molecular weight excluding hydrogens is 136 g/mol. The smallest absolute Gasteiger partial charge is 0.0505 e. The number of hydrogen-bond acceptors (Lipinski definition) is 2. The van der Waals surface area contributed by atoms with E-state index in [9.17, 15) is 0 Å². The highest BCUT2D eigenvalue weighted by Crippen LogP contribution is 2.14. The zero-order valence-corrected chi connectivity index (χ0v) is 6.75. The summed E-state index contributed by atoms with van der Waals surface area (Å²) in [4.78, 5) is 0. The molecule has 1 atom stereocenters. The molecule has 1 aromatic rings. The Bertz CT molecular complexity index is 216. The summed E-state index contributed by atoms with van der Waals surface area (Å²) in [6.45, 7) is 2.40. The van der Waals surface area contributed by atoms with Crippen LogP contribution < -0.4 is 11.5 Å². The van der Waals surface area contributed by atoms with Crippen LogP contribution in [0.15, 0.2) is 30.3 Å². The highest BCUT2D eigenvalue weighted by atomic mass is 14.8. The maximum atomic E-state index is 5.91. The van der Waals surface area contributed by atoms with Crippen molar-refractivity contribution in [2.24, 2.45) is 11.5 Å². The molecule has 11 heavy (non-hydrogen) atoms. The predicted octanol–water partition coefficient (Wildman–Crippen LogP) is 0.819. The zero-order chi connectivity index (χ0) is 8.32. The first-order valence-corrected chi connectivity index (χ1v) is 3.71. The average Bonchev–Trinajstić information content (AvgIpc) is 2.06. The quantitative estimate of drug-likeness (QED) is 0.655. The van der Waals surface area contributed by atoms with Crippen molar-refractivity contribution in [1.82, 2.24) is 0 Å². The molecule has 2 nitrogen and oxygen atoms in total. The lowest BCUT2D eigenvalue weighted by molar-refractivity contribution is 0.508. The third-order valence-electron chi connectivity index (χ3n) is 1.86. The minimum Gasteiger partial charge on any atom is -0.328 e. The molecule has 0 saturated carbocycles. The lowest BCUT2D eigenvalue weighted by Gasteiger charge is -2.22.